The van der Waals surface area contributed by atoms with Gasteiger partial charge in [-0.25, -0.2) is 12.2 Å². The molecule has 6 rings (SSSR count). The van der Waals surface area contributed by atoms with Crippen molar-refractivity contribution >= 4 is 48.0 Å². The predicted molar refractivity (Wildman–Crippen MR) is 182 cm³/mol. The Morgan fingerprint density at radius 1 is 0.682 bits per heavy atom. The second kappa shape index (κ2) is 16.6. The summed E-state index contributed by atoms with van der Waals surface area (Å²) in [5.74, 6) is 0. The van der Waals surface area contributed by atoms with Gasteiger partial charge in [0, 0.05) is 0 Å². The van der Waals surface area contributed by atoms with Crippen LogP contribution in [0.4, 0.5) is 0 Å². The van der Waals surface area contributed by atoms with Crippen LogP contribution in [-0.2, 0) is 34.7 Å². The van der Waals surface area contributed by atoms with E-state index in [4.69, 9.17) is 23.2 Å². The number of benzene rings is 4. The molecule has 0 fully saturated rings. The van der Waals surface area contributed by atoms with Gasteiger partial charge in [0.15, 0.2) is 0 Å². The molecular weight excluding hydrogens is 789 g/mol. The molecule has 0 saturated carbocycles. The number of hydrogen-bond donors (Lipinski definition) is 0. The first kappa shape index (κ1) is 38.3. The van der Waals surface area contributed by atoms with E-state index in [1.54, 1.807) is 0 Å². The first-order chi connectivity index (χ1) is 19.8. The van der Waals surface area contributed by atoms with Gasteiger partial charge >= 0.3 is 120 Å². The fourth-order valence-corrected chi connectivity index (χ4v) is 6.22. The fraction of sp³-hybridized carbons (Fsp3) is 0.231. The first-order valence-electron chi connectivity index (χ1n) is 14.3. The minimum absolute atomic E-state index is 0. The van der Waals surface area contributed by atoms with E-state index >= 15 is 0 Å². The van der Waals surface area contributed by atoms with Crippen molar-refractivity contribution < 1.29 is 48.7 Å². The van der Waals surface area contributed by atoms with Gasteiger partial charge in [-0.15, -0.1) is 46.2 Å². The van der Waals surface area contributed by atoms with E-state index in [2.05, 4.69) is 108 Å². The summed E-state index contributed by atoms with van der Waals surface area (Å²) >= 11 is 12.9. The molecule has 0 N–H and O–H groups in total. The standard InChI is InChI=1S/C21H25.C13H8Cl2.C5H5.2ClH.Hf/c1-20(2,3)16-9-7-14-11-15-8-10-17(21(4,5)6)13-19(15)18(14)12-16;14-12-5-1-3-10(8-12)7-11-4-2-6-13(15)9-11;1-2-4-5-3-1;;;/h7-13H,1-6H3;1-6,8-9H;1-3H,4H2;2*1H;/q-1;;-1;;;+2/p-2. The topological polar surface area (TPSA) is 0 Å². The minimum Gasteiger partial charge on any atom is -1.00 e. The van der Waals surface area contributed by atoms with Gasteiger partial charge in [-0.3, -0.25) is 6.08 Å². The third-order valence-electron chi connectivity index (χ3n) is 7.25. The Balaban J connectivity index is 0.000000260. The van der Waals surface area contributed by atoms with Crippen LogP contribution in [0.15, 0.2) is 109 Å². The molecule has 44 heavy (non-hydrogen) atoms. The van der Waals surface area contributed by atoms with E-state index in [0.717, 1.165) is 40.4 Å². The summed E-state index contributed by atoms with van der Waals surface area (Å²) in [5.41, 5.74) is 5.56. The molecule has 0 radical (unpaired) electrons. The molecule has 0 aliphatic heterocycles. The van der Waals surface area contributed by atoms with Crippen molar-refractivity contribution in [1.82, 2.24) is 0 Å². The van der Waals surface area contributed by atoms with Crippen LogP contribution in [-0.4, -0.2) is 3.26 Å². The number of fused-ring (bicyclic) bond motifs is 3. The Morgan fingerprint density at radius 2 is 1.14 bits per heavy atom. The van der Waals surface area contributed by atoms with E-state index in [1.807, 2.05) is 48.6 Å². The third-order valence-corrected chi connectivity index (χ3v) is 9.80. The van der Waals surface area contributed by atoms with Gasteiger partial charge in [-0.1, -0.05) is 76.9 Å². The summed E-state index contributed by atoms with van der Waals surface area (Å²) in [6.07, 6.45) is 10.0. The van der Waals surface area contributed by atoms with Crippen LogP contribution >= 0.6 is 23.2 Å². The summed E-state index contributed by atoms with van der Waals surface area (Å²) in [5, 5.41) is 7.03. The molecule has 1 aliphatic carbocycles. The zero-order valence-electron chi connectivity index (χ0n) is 26.1. The number of halogens is 4. The summed E-state index contributed by atoms with van der Waals surface area (Å²) in [7, 11) is 0. The summed E-state index contributed by atoms with van der Waals surface area (Å²) in [6, 6.07) is 32.0. The molecular formula is C39H38Cl4Hf-2. The van der Waals surface area contributed by atoms with Crippen LogP contribution in [0.3, 0.4) is 0 Å². The molecule has 0 saturated heterocycles. The second-order valence-corrected chi connectivity index (χ2v) is 15.3. The van der Waals surface area contributed by atoms with Gasteiger partial charge < -0.3 is 24.8 Å². The molecule has 0 bridgehead atoms. The van der Waals surface area contributed by atoms with Crippen LogP contribution < -0.4 is 24.8 Å². The van der Waals surface area contributed by atoms with Crippen molar-refractivity contribution in [2.75, 3.05) is 0 Å². The largest absolute Gasteiger partial charge is 1.00 e. The third kappa shape index (κ3) is 10.3. The van der Waals surface area contributed by atoms with Crippen LogP contribution in [0, 0.1) is 6.08 Å². The average Bonchev–Trinajstić information content (AvgIpc) is 3.63. The van der Waals surface area contributed by atoms with Crippen LogP contribution in [0.1, 0.15) is 70.2 Å². The Morgan fingerprint density at radius 3 is 1.45 bits per heavy atom. The average molecular weight is 827 g/mol. The van der Waals surface area contributed by atoms with Gasteiger partial charge in [0.05, 0.1) is 0 Å². The number of allylic oxidation sites excluding steroid dienone is 4. The van der Waals surface area contributed by atoms with Gasteiger partial charge in [-0.05, 0) is 10.8 Å². The minimum atomic E-state index is 0. The molecule has 0 nitrogen and oxygen atoms in total. The molecule has 5 aromatic carbocycles. The van der Waals surface area contributed by atoms with Crippen LogP contribution in [0.25, 0.3) is 21.5 Å². The van der Waals surface area contributed by atoms with Gasteiger partial charge in [0.2, 0.25) is 0 Å². The first-order valence-corrected chi connectivity index (χ1v) is 16.8. The van der Waals surface area contributed by atoms with E-state index in [-0.39, 0.29) is 35.6 Å². The molecule has 0 amide bonds. The van der Waals surface area contributed by atoms with Crippen LogP contribution in [0.2, 0.25) is 10.0 Å². The fourth-order valence-electron chi connectivity index (χ4n) is 4.73. The molecule has 0 atom stereocenters. The van der Waals surface area contributed by atoms with Crippen molar-refractivity contribution in [2.45, 2.75) is 58.8 Å². The van der Waals surface area contributed by atoms with E-state index < -0.39 is 0 Å². The van der Waals surface area contributed by atoms with E-state index in [9.17, 15) is 0 Å². The van der Waals surface area contributed by atoms with Crippen molar-refractivity contribution in [2.24, 2.45) is 0 Å². The van der Waals surface area contributed by atoms with Crippen molar-refractivity contribution in [3.05, 3.63) is 148 Å². The number of rotatable bonds is 2. The zero-order chi connectivity index (χ0) is 30.5. The molecule has 1 aliphatic rings. The van der Waals surface area contributed by atoms with Crippen molar-refractivity contribution in [3.8, 4) is 0 Å². The van der Waals surface area contributed by atoms with E-state index in [0.29, 0.717) is 0 Å². The molecule has 0 aromatic heterocycles. The maximum absolute atomic E-state index is 5.98. The summed E-state index contributed by atoms with van der Waals surface area (Å²) < 4.78 is 1.31. The maximum atomic E-state index is 5.98. The quantitative estimate of drug-likeness (QED) is 0.158. The van der Waals surface area contributed by atoms with Crippen LogP contribution in [0.5, 0.6) is 0 Å². The molecule has 0 spiro atoms. The Bertz CT molecular complexity index is 1640. The number of hydrogen-bond acceptors (Lipinski definition) is 0. The maximum Gasteiger partial charge on any atom is -0.109 e. The van der Waals surface area contributed by atoms with Crippen molar-refractivity contribution in [3.63, 3.8) is 0 Å². The van der Waals surface area contributed by atoms with Gasteiger partial charge in [0.25, 0.3) is 0 Å². The molecule has 5 aromatic rings. The monoisotopic (exact) mass is 826 g/mol. The predicted octanol–water partition coefficient (Wildman–Crippen LogP) is 5.73. The molecule has 0 unspecified atom stereocenters. The second-order valence-electron chi connectivity index (χ2n) is 12.6. The Kier molecular flexibility index (Phi) is 14.5. The van der Waals surface area contributed by atoms with Gasteiger partial charge in [0.1, 0.15) is 0 Å². The smallest absolute Gasteiger partial charge is 0.109 e. The van der Waals surface area contributed by atoms with Gasteiger partial charge in [-0.2, -0.15) is 6.08 Å². The summed E-state index contributed by atoms with van der Waals surface area (Å²) in [4.78, 5) is 0. The van der Waals surface area contributed by atoms with Crippen molar-refractivity contribution in [1.29, 1.82) is 0 Å². The SMILES string of the molecule is CC(C)(C)c1ccc2[cH-]c3ccc(C(C)(C)C)cc3c2c1.Clc1cccc([C](=[Hf+2])c2cccc(Cl)c2)c1.[C-]1=CC=CC1.[Cl-].[Cl-]. The Labute approximate surface area is 300 Å². The zero-order valence-corrected chi connectivity index (χ0v) is 32.7. The summed E-state index contributed by atoms with van der Waals surface area (Å²) in [6.45, 7) is 13.7. The normalized spacial score (nSPS) is 12.0. The molecule has 0 heterocycles. The Hall–Kier alpha value is -1.87. The van der Waals surface area contributed by atoms with E-state index in [1.165, 1.54) is 47.1 Å². The molecule has 5 heteroatoms. The molecule has 228 valence electrons.